The van der Waals surface area contributed by atoms with Gasteiger partial charge in [0.1, 0.15) is 18.2 Å². The highest BCUT2D eigenvalue weighted by molar-refractivity contribution is 6.32. The molecule has 2 atom stereocenters. The molecule has 1 N–H and O–H groups in total. The molecule has 2 rings (SSSR count). The van der Waals surface area contributed by atoms with E-state index in [2.05, 4.69) is 24.1 Å². The molecule has 0 aliphatic carbocycles. The molecular weight excluding hydrogens is 267 g/mol. The number of nitrogens with one attached hydrogen (secondary N) is 1. The van der Waals surface area contributed by atoms with Gasteiger partial charge in [-0.05, 0) is 32.0 Å². The Morgan fingerprint density at radius 2 is 2.05 bits per heavy atom. The largest absolute Gasteiger partial charge is 0.491 e. The van der Waals surface area contributed by atoms with Gasteiger partial charge in [0.25, 0.3) is 0 Å². The van der Waals surface area contributed by atoms with Crippen LogP contribution >= 0.6 is 11.6 Å². The van der Waals surface area contributed by atoms with E-state index in [1.807, 2.05) is 0 Å². The zero-order chi connectivity index (χ0) is 13.8. The molecule has 106 valence electrons. The summed E-state index contributed by atoms with van der Waals surface area (Å²) in [6.45, 7) is 7.81. The normalized spacial score (nSPS) is 24.4. The molecule has 0 amide bonds. The second-order valence-electron chi connectivity index (χ2n) is 5.02. The maximum absolute atomic E-state index is 12.9. The lowest BCUT2D eigenvalue weighted by Crippen LogP contribution is -2.55. The molecule has 1 aliphatic rings. The Kier molecular flexibility index (Phi) is 5.02. The van der Waals surface area contributed by atoms with Gasteiger partial charge in [0.05, 0.1) is 5.02 Å². The van der Waals surface area contributed by atoms with E-state index in [0.29, 0.717) is 29.5 Å². The highest BCUT2D eigenvalue weighted by Gasteiger charge is 2.23. The third-order valence-electron chi connectivity index (χ3n) is 3.51. The molecule has 1 saturated heterocycles. The molecule has 0 spiro atoms. The minimum atomic E-state index is -0.346. The van der Waals surface area contributed by atoms with E-state index < -0.39 is 0 Å². The summed E-state index contributed by atoms with van der Waals surface area (Å²) in [4.78, 5) is 2.41. The Labute approximate surface area is 118 Å². The average Bonchev–Trinajstić information content (AvgIpc) is 2.35. The first-order chi connectivity index (χ1) is 9.08. The Morgan fingerprint density at radius 3 is 2.68 bits per heavy atom. The van der Waals surface area contributed by atoms with Gasteiger partial charge in [-0.1, -0.05) is 11.6 Å². The van der Waals surface area contributed by atoms with E-state index >= 15 is 0 Å². The maximum atomic E-state index is 12.9. The monoisotopic (exact) mass is 286 g/mol. The van der Waals surface area contributed by atoms with Crippen LogP contribution in [0.2, 0.25) is 5.02 Å². The molecule has 1 aromatic carbocycles. The predicted molar refractivity (Wildman–Crippen MR) is 75.4 cm³/mol. The molecule has 1 fully saturated rings. The fourth-order valence-electron chi connectivity index (χ4n) is 2.46. The van der Waals surface area contributed by atoms with E-state index in [9.17, 15) is 4.39 Å². The van der Waals surface area contributed by atoms with Crippen molar-refractivity contribution in [1.82, 2.24) is 10.2 Å². The number of rotatable bonds is 4. The van der Waals surface area contributed by atoms with Gasteiger partial charge in [-0.2, -0.15) is 0 Å². The van der Waals surface area contributed by atoms with E-state index in [-0.39, 0.29) is 5.82 Å². The zero-order valence-electron chi connectivity index (χ0n) is 11.3. The first-order valence-corrected chi connectivity index (χ1v) is 7.00. The number of hydrogen-bond donors (Lipinski definition) is 1. The van der Waals surface area contributed by atoms with Crippen molar-refractivity contribution in [2.75, 3.05) is 26.2 Å². The van der Waals surface area contributed by atoms with Crippen molar-refractivity contribution < 1.29 is 9.13 Å². The smallest absolute Gasteiger partial charge is 0.138 e. The van der Waals surface area contributed by atoms with Crippen LogP contribution in [0.15, 0.2) is 18.2 Å². The van der Waals surface area contributed by atoms with Crippen molar-refractivity contribution in [3.63, 3.8) is 0 Å². The van der Waals surface area contributed by atoms with Crippen molar-refractivity contribution in [2.24, 2.45) is 0 Å². The Morgan fingerprint density at radius 1 is 1.37 bits per heavy atom. The maximum Gasteiger partial charge on any atom is 0.138 e. The van der Waals surface area contributed by atoms with E-state index in [1.165, 1.54) is 12.1 Å². The lowest BCUT2D eigenvalue weighted by atomic mass is 10.1. The second kappa shape index (κ2) is 6.55. The standard InChI is InChI=1S/C14H20ClFN2O/c1-10-8-17-9-11(2)18(10)5-6-19-14-4-3-12(16)7-13(14)15/h3-4,7,10-11,17H,5-6,8-9H2,1-2H3/t10-,11+. The quantitative estimate of drug-likeness (QED) is 0.921. The number of ether oxygens (including phenoxy) is 1. The van der Waals surface area contributed by atoms with Crippen LogP contribution in [0.4, 0.5) is 4.39 Å². The van der Waals surface area contributed by atoms with Crippen LogP contribution in [0.3, 0.4) is 0 Å². The van der Waals surface area contributed by atoms with Gasteiger partial charge >= 0.3 is 0 Å². The van der Waals surface area contributed by atoms with E-state index in [1.54, 1.807) is 6.07 Å². The summed E-state index contributed by atoms with van der Waals surface area (Å²) in [6.07, 6.45) is 0. The third-order valence-corrected chi connectivity index (χ3v) is 3.81. The van der Waals surface area contributed by atoms with Gasteiger partial charge in [-0.15, -0.1) is 0 Å². The average molecular weight is 287 g/mol. The van der Waals surface area contributed by atoms with E-state index in [4.69, 9.17) is 16.3 Å². The van der Waals surface area contributed by atoms with Crippen LogP contribution in [-0.2, 0) is 0 Å². The van der Waals surface area contributed by atoms with Crippen molar-refractivity contribution in [2.45, 2.75) is 25.9 Å². The van der Waals surface area contributed by atoms with Gasteiger partial charge in [0, 0.05) is 31.7 Å². The van der Waals surface area contributed by atoms with Crippen LogP contribution in [-0.4, -0.2) is 43.2 Å². The minimum Gasteiger partial charge on any atom is -0.491 e. The topological polar surface area (TPSA) is 24.5 Å². The van der Waals surface area contributed by atoms with Crippen molar-refractivity contribution in [1.29, 1.82) is 0 Å². The summed E-state index contributed by atoms with van der Waals surface area (Å²) in [5.41, 5.74) is 0. The minimum absolute atomic E-state index is 0.321. The first-order valence-electron chi connectivity index (χ1n) is 6.62. The molecule has 3 nitrogen and oxygen atoms in total. The molecule has 19 heavy (non-hydrogen) atoms. The number of hydrogen-bond acceptors (Lipinski definition) is 3. The molecule has 0 bridgehead atoms. The fourth-order valence-corrected chi connectivity index (χ4v) is 2.69. The van der Waals surface area contributed by atoms with Gasteiger partial charge in [-0.3, -0.25) is 4.90 Å². The Bertz CT molecular complexity index is 420. The second-order valence-corrected chi connectivity index (χ2v) is 5.42. The summed E-state index contributed by atoms with van der Waals surface area (Å²) in [6, 6.07) is 5.19. The summed E-state index contributed by atoms with van der Waals surface area (Å²) in [7, 11) is 0. The van der Waals surface area contributed by atoms with E-state index in [0.717, 1.165) is 19.6 Å². The fraction of sp³-hybridized carbons (Fsp3) is 0.571. The number of benzene rings is 1. The molecule has 1 heterocycles. The molecule has 5 heteroatoms. The summed E-state index contributed by atoms with van der Waals surface area (Å²) in [5, 5.41) is 3.71. The number of nitrogens with zero attached hydrogens (tertiary/aromatic N) is 1. The molecule has 0 radical (unpaired) electrons. The van der Waals surface area contributed by atoms with Crippen LogP contribution in [0, 0.1) is 5.82 Å². The van der Waals surface area contributed by atoms with Crippen LogP contribution in [0.5, 0.6) is 5.75 Å². The van der Waals surface area contributed by atoms with Gasteiger partial charge in [-0.25, -0.2) is 4.39 Å². The molecule has 0 saturated carbocycles. The summed E-state index contributed by atoms with van der Waals surface area (Å²) < 4.78 is 18.5. The predicted octanol–water partition coefficient (Wildman–Crippen LogP) is 2.54. The van der Waals surface area contributed by atoms with Crippen LogP contribution in [0.25, 0.3) is 0 Å². The first kappa shape index (κ1) is 14.6. The Balaban J connectivity index is 1.85. The zero-order valence-corrected chi connectivity index (χ0v) is 12.1. The number of halogens is 2. The van der Waals surface area contributed by atoms with Crippen molar-refractivity contribution in [3.8, 4) is 5.75 Å². The Hall–Kier alpha value is -0.840. The van der Waals surface area contributed by atoms with Crippen molar-refractivity contribution >= 4 is 11.6 Å². The molecule has 1 aliphatic heterocycles. The SMILES string of the molecule is C[C@@H]1CNC[C@H](C)N1CCOc1ccc(F)cc1Cl. The summed E-state index contributed by atoms with van der Waals surface area (Å²) in [5.74, 6) is 0.195. The van der Waals surface area contributed by atoms with Crippen LogP contribution in [0.1, 0.15) is 13.8 Å². The molecule has 0 unspecified atom stereocenters. The summed E-state index contributed by atoms with van der Waals surface area (Å²) >= 11 is 5.92. The van der Waals surface area contributed by atoms with Gasteiger partial charge in [0.15, 0.2) is 0 Å². The van der Waals surface area contributed by atoms with Crippen molar-refractivity contribution in [3.05, 3.63) is 29.0 Å². The molecule has 0 aromatic heterocycles. The van der Waals surface area contributed by atoms with Gasteiger partial charge < -0.3 is 10.1 Å². The highest BCUT2D eigenvalue weighted by atomic mass is 35.5. The lowest BCUT2D eigenvalue weighted by Gasteiger charge is -2.39. The lowest BCUT2D eigenvalue weighted by molar-refractivity contribution is 0.0966. The highest BCUT2D eigenvalue weighted by Crippen LogP contribution is 2.24. The molecule has 1 aromatic rings. The third kappa shape index (κ3) is 3.81. The molecular formula is C14H20ClFN2O. The van der Waals surface area contributed by atoms with Crippen LogP contribution < -0.4 is 10.1 Å². The van der Waals surface area contributed by atoms with Gasteiger partial charge in [0.2, 0.25) is 0 Å². The number of piperazine rings is 1.